The first-order valence-corrected chi connectivity index (χ1v) is 8.09. The number of aryl methyl sites for hydroxylation is 1. The van der Waals surface area contributed by atoms with Crippen molar-refractivity contribution in [1.82, 2.24) is 5.32 Å². The second-order valence-corrected chi connectivity index (χ2v) is 6.14. The maximum Gasteiger partial charge on any atom is 0.242 e. The lowest BCUT2D eigenvalue weighted by molar-refractivity contribution is -0.121. The van der Waals surface area contributed by atoms with Crippen LogP contribution in [-0.4, -0.2) is 18.7 Å². The van der Waals surface area contributed by atoms with Crippen LogP contribution in [0.2, 0.25) is 5.02 Å². The number of carbonyl (C=O) groups excluding carboxylic acids is 1. The minimum atomic E-state index is -0.377. The highest BCUT2D eigenvalue weighted by Crippen LogP contribution is 2.32. The molecular formula is C18H19ClN2O3. The van der Waals surface area contributed by atoms with E-state index in [4.69, 9.17) is 21.1 Å². The third-order valence-electron chi connectivity index (χ3n) is 3.85. The van der Waals surface area contributed by atoms with E-state index in [2.05, 4.69) is 10.6 Å². The molecular weight excluding hydrogens is 328 g/mol. The molecule has 0 aliphatic carbocycles. The largest absolute Gasteiger partial charge is 0.454 e. The van der Waals surface area contributed by atoms with Crippen LogP contribution in [0.25, 0.3) is 0 Å². The Morgan fingerprint density at radius 3 is 2.79 bits per heavy atom. The zero-order valence-electron chi connectivity index (χ0n) is 13.6. The highest BCUT2D eigenvalue weighted by Gasteiger charge is 2.15. The topological polar surface area (TPSA) is 59.6 Å². The number of ether oxygens (including phenoxy) is 2. The van der Waals surface area contributed by atoms with Gasteiger partial charge in [-0.3, -0.25) is 4.79 Å². The van der Waals surface area contributed by atoms with E-state index in [9.17, 15) is 4.79 Å². The fraction of sp³-hybridized carbons (Fsp3) is 0.278. The standard InChI is InChI=1S/C18H19ClN2O3/c1-11-3-5-14(8-15(11)19)21-12(2)18(22)20-9-13-4-6-16-17(7-13)24-10-23-16/h3-8,12,21H,9-10H2,1-2H3,(H,20,22)/t12-/m1/s1. The number of anilines is 1. The van der Waals surface area contributed by atoms with Gasteiger partial charge in [0.2, 0.25) is 12.7 Å². The Bertz CT molecular complexity index is 764. The van der Waals surface area contributed by atoms with E-state index < -0.39 is 0 Å². The summed E-state index contributed by atoms with van der Waals surface area (Å²) in [5.74, 6) is 1.35. The molecule has 0 fully saturated rings. The summed E-state index contributed by atoms with van der Waals surface area (Å²) < 4.78 is 10.6. The third-order valence-corrected chi connectivity index (χ3v) is 4.26. The van der Waals surface area contributed by atoms with Crippen molar-refractivity contribution >= 4 is 23.2 Å². The second-order valence-electron chi connectivity index (χ2n) is 5.74. The van der Waals surface area contributed by atoms with Gasteiger partial charge in [-0.05, 0) is 49.2 Å². The van der Waals surface area contributed by atoms with E-state index in [1.165, 1.54) is 0 Å². The molecule has 1 heterocycles. The molecule has 3 rings (SSSR count). The van der Waals surface area contributed by atoms with Crippen LogP contribution in [0.4, 0.5) is 5.69 Å². The monoisotopic (exact) mass is 346 g/mol. The van der Waals surface area contributed by atoms with Crippen LogP contribution < -0.4 is 20.1 Å². The Kier molecular flexibility index (Phi) is 4.81. The lowest BCUT2D eigenvalue weighted by Gasteiger charge is -2.16. The molecule has 0 aromatic heterocycles. The van der Waals surface area contributed by atoms with E-state index in [0.29, 0.717) is 17.3 Å². The number of carbonyl (C=O) groups is 1. The van der Waals surface area contributed by atoms with Gasteiger partial charge in [0.1, 0.15) is 6.04 Å². The molecule has 2 aromatic rings. The van der Waals surface area contributed by atoms with Gasteiger partial charge >= 0.3 is 0 Å². The Balaban J connectivity index is 1.55. The van der Waals surface area contributed by atoms with E-state index in [1.54, 1.807) is 0 Å². The van der Waals surface area contributed by atoms with Gasteiger partial charge in [0.25, 0.3) is 0 Å². The molecule has 0 bridgehead atoms. The molecule has 6 heteroatoms. The SMILES string of the molecule is Cc1ccc(N[C@H](C)C(=O)NCc2ccc3c(c2)OCO3)cc1Cl. The molecule has 24 heavy (non-hydrogen) atoms. The van der Waals surface area contributed by atoms with E-state index in [1.807, 2.05) is 50.2 Å². The Morgan fingerprint density at radius 2 is 2.00 bits per heavy atom. The van der Waals surface area contributed by atoms with Gasteiger partial charge in [0.05, 0.1) is 0 Å². The molecule has 5 nitrogen and oxygen atoms in total. The van der Waals surface area contributed by atoms with Crippen molar-refractivity contribution in [3.63, 3.8) is 0 Å². The van der Waals surface area contributed by atoms with Gasteiger partial charge in [-0.2, -0.15) is 0 Å². The van der Waals surface area contributed by atoms with Crippen molar-refractivity contribution in [1.29, 1.82) is 0 Å². The van der Waals surface area contributed by atoms with Crippen LogP contribution in [0, 0.1) is 6.92 Å². The summed E-state index contributed by atoms with van der Waals surface area (Å²) in [6, 6.07) is 10.9. The second kappa shape index (κ2) is 7.01. The molecule has 1 atom stereocenters. The van der Waals surface area contributed by atoms with Crippen LogP contribution in [0.3, 0.4) is 0 Å². The van der Waals surface area contributed by atoms with Gasteiger partial charge in [0.15, 0.2) is 11.5 Å². The summed E-state index contributed by atoms with van der Waals surface area (Å²) in [5.41, 5.74) is 2.77. The maximum absolute atomic E-state index is 12.2. The highest BCUT2D eigenvalue weighted by atomic mass is 35.5. The van der Waals surface area contributed by atoms with Crippen LogP contribution in [0.15, 0.2) is 36.4 Å². The summed E-state index contributed by atoms with van der Waals surface area (Å²) in [4.78, 5) is 12.2. The number of amides is 1. The molecule has 0 unspecified atom stereocenters. The number of hydrogen-bond donors (Lipinski definition) is 2. The van der Waals surface area contributed by atoms with Gasteiger partial charge in [-0.25, -0.2) is 0 Å². The molecule has 2 aromatic carbocycles. The number of nitrogens with one attached hydrogen (secondary N) is 2. The summed E-state index contributed by atoms with van der Waals surface area (Å²) in [7, 11) is 0. The predicted octanol–water partition coefficient (Wildman–Crippen LogP) is 3.49. The number of rotatable bonds is 5. The first kappa shape index (κ1) is 16.5. The van der Waals surface area contributed by atoms with Crippen LogP contribution in [0.1, 0.15) is 18.1 Å². The minimum Gasteiger partial charge on any atom is -0.454 e. The molecule has 0 saturated heterocycles. The minimum absolute atomic E-state index is 0.0932. The molecule has 2 N–H and O–H groups in total. The number of halogens is 1. The van der Waals surface area contributed by atoms with Gasteiger partial charge in [0, 0.05) is 17.3 Å². The summed E-state index contributed by atoms with van der Waals surface area (Å²) in [6.45, 7) is 4.41. The highest BCUT2D eigenvalue weighted by molar-refractivity contribution is 6.31. The summed E-state index contributed by atoms with van der Waals surface area (Å²) in [5, 5.41) is 6.73. The lowest BCUT2D eigenvalue weighted by atomic mass is 10.2. The fourth-order valence-corrected chi connectivity index (χ4v) is 2.57. The number of hydrogen-bond acceptors (Lipinski definition) is 4. The number of fused-ring (bicyclic) bond motifs is 1. The van der Waals surface area contributed by atoms with Crippen molar-refractivity contribution in [2.75, 3.05) is 12.1 Å². The Hall–Kier alpha value is -2.40. The maximum atomic E-state index is 12.2. The quantitative estimate of drug-likeness (QED) is 0.870. The average Bonchev–Trinajstić information content (AvgIpc) is 3.03. The molecule has 0 radical (unpaired) electrons. The van der Waals surface area contributed by atoms with Gasteiger partial charge in [-0.1, -0.05) is 23.7 Å². The molecule has 0 spiro atoms. The van der Waals surface area contributed by atoms with Crippen molar-refractivity contribution in [2.24, 2.45) is 0 Å². The Morgan fingerprint density at radius 1 is 1.21 bits per heavy atom. The van der Waals surface area contributed by atoms with E-state index in [-0.39, 0.29) is 18.7 Å². The zero-order valence-corrected chi connectivity index (χ0v) is 14.3. The van der Waals surface area contributed by atoms with Gasteiger partial charge in [-0.15, -0.1) is 0 Å². The smallest absolute Gasteiger partial charge is 0.242 e. The predicted molar refractivity (Wildman–Crippen MR) is 93.7 cm³/mol. The van der Waals surface area contributed by atoms with Crippen LogP contribution in [0.5, 0.6) is 11.5 Å². The molecule has 126 valence electrons. The Labute approximate surface area is 145 Å². The molecule has 1 aliphatic heterocycles. The van der Waals surface area contributed by atoms with Gasteiger partial charge < -0.3 is 20.1 Å². The van der Waals surface area contributed by atoms with Crippen molar-refractivity contribution in [3.05, 3.63) is 52.5 Å². The number of benzene rings is 2. The molecule has 1 aliphatic rings. The van der Waals surface area contributed by atoms with Crippen molar-refractivity contribution in [2.45, 2.75) is 26.4 Å². The summed E-state index contributed by atoms with van der Waals surface area (Å²) >= 11 is 6.10. The van der Waals surface area contributed by atoms with Crippen LogP contribution in [-0.2, 0) is 11.3 Å². The van der Waals surface area contributed by atoms with Crippen molar-refractivity contribution < 1.29 is 14.3 Å². The van der Waals surface area contributed by atoms with Crippen LogP contribution >= 0.6 is 11.6 Å². The summed E-state index contributed by atoms with van der Waals surface area (Å²) in [6.07, 6.45) is 0. The third kappa shape index (κ3) is 3.74. The average molecular weight is 347 g/mol. The zero-order chi connectivity index (χ0) is 17.1. The lowest BCUT2D eigenvalue weighted by Crippen LogP contribution is -2.37. The molecule has 0 saturated carbocycles. The normalized spacial score (nSPS) is 13.5. The van der Waals surface area contributed by atoms with E-state index in [0.717, 1.165) is 22.6 Å². The first-order chi connectivity index (χ1) is 11.5. The fourth-order valence-electron chi connectivity index (χ4n) is 2.39. The molecule has 1 amide bonds. The first-order valence-electron chi connectivity index (χ1n) is 7.72. The van der Waals surface area contributed by atoms with Crippen molar-refractivity contribution in [3.8, 4) is 11.5 Å². The van der Waals surface area contributed by atoms with E-state index >= 15 is 0 Å².